The molecule has 0 atom stereocenters. The minimum Gasteiger partial charge on any atom is -0.506 e. The lowest BCUT2D eigenvalue weighted by Gasteiger charge is -2.11. The highest BCUT2D eigenvalue weighted by molar-refractivity contribution is 9.11. The number of aromatic hydroxyl groups is 1. The zero-order valence-corrected chi connectivity index (χ0v) is 15.9. The Hall–Kier alpha value is -2.13. The normalized spacial score (nSPS) is 16.3. The van der Waals surface area contributed by atoms with Crippen LogP contribution in [0.2, 0.25) is 0 Å². The van der Waals surface area contributed by atoms with Crippen LogP contribution in [0.3, 0.4) is 0 Å². The maximum absolute atomic E-state index is 13.4. The number of para-hydroxylation sites is 1. The molecule has 9 heteroatoms. The Labute approximate surface area is 162 Å². The number of carbonyl (C=O) groups is 1. The summed E-state index contributed by atoms with van der Waals surface area (Å²) < 4.78 is 41.0. The van der Waals surface area contributed by atoms with Gasteiger partial charge >= 0.3 is 6.18 Å². The van der Waals surface area contributed by atoms with Crippen LogP contribution in [0, 0.1) is 0 Å². The lowest BCUT2D eigenvalue weighted by atomic mass is 10.1. The van der Waals surface area contributed by atoms with E-state index >= 15 is 0 Å². The molecule has 3 rings (SSSR count). The van der Waals surface area contributed by atoms with Gasteiger partial charge in [-0.25, -0.2) is 0 Å². The van der Waals surface area contributed by atoms with Gasteiger partial charge in [0.1, 0.15) is 5.75 Å². The molecule has 0 aliphatic carbocycles. The van der Waals surface area contributed by atoms with E-state index in [2.05, 4.69) is 37.0 Å². The minimum atomic E-state index is -4.83. The molecule has 1 amide bonds. The zero-order chi connectivity index (χ0) is 19.1. The fourth-order valence-electron chi connectivity index (χ4n) is 2.35. The van der Waals surface area contributed by atoms with Crippen molar-refractivity contribution < 1.29 is 23.1 Å². The SMILES string of the molecule is O=C1/C(=C\c2cc(Br)cc(Br)c2O)C(C(F)(F)F)=NN1c1ccccc1. The number of hydrazone groups is 1. The quantitative estimate of drug-likeness (QED) is 0.584. The van der Waals surface area contributed by atoms with E-state index in [-0.39, 0.29) is 21.5 Å². The first-order valence-corrected chi connectivity index (χ1v) is 8.72. The molecule has 0 unspecified atom stereocenters. The van der Waals surface area contributed by atoms with Crippen LogP contribution < -0.4 is 5.01 Å². The fraction of sp³-hybridized carbons (Fsp3) is 0.0588. The number of nitrogens with zero attached hydrogens (tertiary/aromatic N) is 2. The Balaban J connectivity index is 2.14. The van der Waals surface area contributed by atoms with E-state index in [0.29, 0.717) is 9.48 Å². The van der Waals surface area contributed by atoms with Crippen molar-refractivity contribution in [3.8, 4) is 5.75 Å². The van der Waals surface area contributed by atoms with E-state index in [4.69, 9.17) is 0 Å². The van der Waals surface area contributed by atoms with Crippen LogP contribution in [0.1, 0.15) is 5.56 Å². The van der Waals surface area contributed by atoms with Gasteiger partial charge in [-0.3, -0.25) is 4.79 Å². The molecule has 134 valence electrons. The number of phenolic OH excluding ortho intramolecular Hbond substituents is 1. The summed E-state index contributed by atoms with van der Waals surface area (Å²) in [6.45, 7) is 0. The molecule has 1 aliphatic heterocycles. The van der Waals surface area contributed by atoms with E-state index in [0.717, 1.165) is 6.08 Å². The van der Waals surface area contributed by atoms with Gasteiger partial charge in [-0.2, -0.15) is 23.3 Å². The predicted octanol–water partition coefficient (Wildman–Crippen LogP) is 5.27. The Morgan fingerprint density at radius 1 is 1.12 bits per heavy atom. The third-order valence-electron chi connectivity index (χ3n) is 3.50. The van der Waals surface area contributed by atoms with Crippen LogP contribution in [0.4, 0.5) is 18.9 Å². The number of phenols is 1. The smallest absolute Gasteiger partial charge is 0.435 e. The summed E-state index contributed by atoms with van der Waals surface area (Å²) >= 11 is 6.30. The average Bonchev–Trinajstić information content (AvgIpc) is 2.90. The number of rotatable bonds is 2. The van der Waals surface area contributed by atoms with Gasteiger partial charge in [-0.05, 0) is 46.3 Å². The van der Waals surface area contributed by atoms with Gasteiger partial charge in [-0.15, -0.1) is 0 Å². The van der Waals surface area contributed by atoms with E-state index in [1.807, 2.05) is 0 Å². The van der Waals surface area contributed by atoms with Gasteiger partial charge in [0.2, 0.25) is 0 Å². The van der Waals surface area contributed by atoms with Crippen LogP contribution in [0.5, 0.6) is 5.75 Å². The molecular weight excluding hydrogens is 481 g/mol. The number of benzene rings is 2. The van der Waals surface area contributed by atoms with Crippen LogP contribution in [0.15, 0.2) is 62.1 Å². The summed E-state index contributed by atoms with van der Waals surface area (Å²) in [4.78, 5) is 12.6. The van der Waals surface area contributed by atoms with Crippen LogP contribution in [-0.4, -0.2) is 22.9 Å². The number of hydrogen-bond acceptors (Lipinski definition) is 3. The fourth-order valence-corrected chi connectivity index (χ4v) is 3.61. The van der Waals surface area contributed by atoms with Crippen molar-refractivity contribution in [2.45, 2.75) is 6.18 Å². The highest BCUT2D eigenvalue weighted by atomic mass is 79.9. The molecule has 2 aromatic rings. The van der Waals surface area contributed by atoms with Crippen molar-refractivity contribution >= 4 is 55.2 Å². The Kier molecular flexibility index (Phi) is 4.94. The monoisotopic (exact) mass is 488 g/mol. The van der Waals surface area contributed by atoms with Crippen molar-refractivity contribution in [2.24, 2.45) is 5.10 Å². The van der Waals surface area contributed by atoms with Crippen molar-refractivity contribution in [1.29, 1.82) is 0 Å². The summed E-state index contributed by atoms with van der Waals surface area (Å²) in [7, 11) is 0. The maximum atomic E-state index is 13.4. The Morgan fingerprint density at radius 3 is 2.38 bits per heavy atom. The van der Waals surface area contributed by atoms with Gasteiger partial charge in [0.15, 0.2) is 5.71 Å². The second-order valence-corrected chi connectivity index (χ2v) is 7.05. The van der Waals surface area contributed by atoms with Crippen molar-refractivity contribution in [1.82, 2.24) is 0 Å². The number of halogens is 5. The molecule has 0 aromatic heterocycles. The highest BCUT2D eigenvalue weighted by Crippen LogP contribution is 2.36. The molecule has 0 saturated carbocycles. The van der Waals surface area contributed by atoms with E-state index in [1.165, 1.54) is 24.3 Å². The Morgan fingerprint density at radius 2 is 1.77 bits per heavy atom. The van der Waals surface area contributed by atoms with Crippen molar-refractivity contribution in [3.63, 3.8) is 0 Å². The molecule has 0 radical (unpaired) electrons. The van der Waals surface area contributed by atoms with Gasteiger partial charge in [-0.1, -0.05) is 34.1 Å². The van der Waals surface area contributed by atoms with Crippen LogP contribution in [0.25, 0.3) is 6.08 Å². The lowest BCUT2D eigenvalue weighted by Crippen LogP contribution is -2.25. The molecule has 0 bridgehead atoms. The molecule has 0 fully saturated rings. The summed E-state index contributed by atoms with van der Waals surface area (Å²) in [5.74, 6) is -1.22. The van der Waals surface area contributed by atoms with Crippen molar-refractivity contribution in [2.75, 3.05) is 5.01 Å². The standard InChI is InChI=1S/C17H9Br2F3N2O2/c18-10-6-9(14(25)13(19)8-10)7-12-15(17(20,21)22)23-24(16(12)26)11-4-2-1-3-5-11/h1-8,25H/b12-7-. The third kappa shape index (κ3) is 3.54. The van der Waals surface area contributed by atoms with Crippen LogP contribution >= 0.6 is 31.9 Å². The molecule has 1 heterocycles. The van der Waals surface area contributed by atoms with E-state index in [9.17, 15) is 23.1 Å². The molecule has 26 heavy (non-hydrogen) atoms. The maximum Gasteiger partial charge on any atom is 0.435 e. The number of anilines is 1. The summed E-state index contributed by atoms with van der Waals surface area (Å²) in [6, 6.07) is 10.7. The molecule has 4 nitrogen and oxygen atoms in total. The molecule has 0 saturated heterocycles. The number of carbonyl (C=O) groups excluding carboxylic acids is 1. The number of alkyl halides is 3. The second-order valence-electron chi connectivity index (χ2n) is 5.28. The van der Waals surface area contributed by atoms with Gasteiger partial charge in [0.05, 0.1) is 15.7 Å². The van der Waals surface area contributed by atoms with E-state index < -0.39 is 23.4 Å². The average molecular weight is 490 g/mol. The first kappa shape index (κ1) is 18.7. The molecule has 2 aromatic carbocycles. The van der Waals surface area contributed by atoms with E-state index in [1.54, 1.807) is 18.2 Å². The molecule has 1 aliphatic rings. The first-order valence-electron chi connectivity index (χ1n) is 7.14. The largest absolute Gasteiger partial charge is 0.506 e. The molecular formula is C17H9Br2F3N2O2. The third-order valence-corrected chi connectivity index (χ3v) is 4.57. The lowest BCUT2D eigenvalue weighted by molar-refractivity contribution is -0.114. The van der Waals surface area contributed by atoms with Gasteiger partial charge in [0, 0.05) is 10.0 Å². The number of amides is 1. The second kappa shape index (κ2) is 6.88. The number of hydrogen-bond donors (Lipinski definition) is 1. The molecule has 0 spiro atoms. The zero-order valence-electron chi connectivity index (χ0n) is 12.8. The topological polar surface area (TPSA) is 52.9 Å². The highest BCUT2D eigenvalue weighted by Gasteiger charge is 2.46. The first-order chi connectivity index (χ1) is 12.2. The van der Waals surface area contributed by atoms with Gasteiger partial charge in [0.25, 0.3) is 5.91 Å². The minimum absolute atomic E-state index is 0.0430. The molecule has 1 N–H and O–H groups in total. The Bertz CT molecular complexity index is 941. The summed E-state index contributed by atoms with van der Waals surface area (Å²) in [5.41, 5.74) is -1.72. The van der Waals surface area contributed by atoms with Crippen LogP contribution in [-0.2, 0) is 4.79 Å². The van der Waals surface area contributed by atoms with Crippen molar-refractivity contribution in [3.05, 3.63) is 62.5 Å². The summed E-state index contributed by atoms with van der Waals surface area (Å²) in [5, 5.41) is 14.2. The summed E-state index contributed by atoms with van der Waals surface area (Å²) in [6.07, 6.45) is -3.85. The predicted molar refractivity (Wildman–Crippen MR) is 98.9 cm³/mol. The van der Waals surface area contributed by atoms with Gasteiger partial charge < -0.3 is 5.11 Å².